The van der Waals surface area contributed by atoms with E-state index < -0.39 is 15.9 Å². The number of carbonyl (C=O) groups is 1. The summed E-state index contributed by atoms with van der Waals surface area (Å²) in [7, 11) is -3.66. The molecule has 9 heteroatoms. The zero-order valence-electron chi connectivity index (χ0n) is 17.9. The van der Waals surface area contributed by atoms with E-state index in [0.717, 1.165) is 11.8 Å². The van der Waals surface area contributed by atoms with Gasteiger partial charge in [0, 0.05) is 0 Å². The van der Waals surface area contributed by atoms with Gasteiger partial charge >= 0.3 is 0 Å². The Balaban J connectivity index is 1.77. The summed E-state index contributed by atoms with van der Waals surface area (Å²) in [6.07, 6.45) is 2.56. The number of nitrogens with one attached hydrogen (secondary N) is 1. The molecule has 3 aromatic rings. The Hall–Kier alpha value is -4.16. The molecule has 0 aliphatic rings. The Morgan fingerprint density at radius 1 is 1.06 bits per heavy atom. The summed E-state index contributed by atoms with van der Waals surface area (Å²) in [5.74, 6) is 0.00322. The lowest BCUT2D eigenvalue weighted by molar-refractivity contribution is 0.0955. The topological polar surface area (TPSA) is 112 Å². The van der Waals surface area contributed by atoms with Crippen molar-refractivity contribution in [1.29, 1.82) is 5.26 Å². The van der Waals surface area contributed by atoms with E-state index in [-0.39, 0.29) is 24.4 Å². The van der Waals surface area contributed by atoms with E-state index in [4.69, 9.17) is 10.00 Å². The van der Waals surface area contributed by atoms with Gasteiger partial charge in [-0.25, -0.2) is 13.8 Å². The second kappa shape index (κ2) is 10.9. The number of ether oxygens (including phenoxy) is 1. The van der Waals surface area contributed by atoms with Gasteiger partial charge in [0.05, 0.1) is 30.3 Å². The minimum Gasteiger partial charge on any atom is -0.479 e. The van der Waals surface area contributed by atoms with Gasteiger partial charge in [0.2, 0.25) is 10.0 Å². The number of carbonyl (C=O) groups excluding carboxylic acids is 1. The predicted molar refractivity (Wildman–Crippen MR) is 127 cm³/mol. The second-order valence-electron chi connectivity index (χ2n) is 6.99. The number of nitriles is 1. The van der Waals surface area contributed by atoms with Gasteiger partial charge < -0.3 is 4.74 Å². The average molecular weight is 463 g/mol. The maximum Gasteiger partial charge on any atom is 0.273 e. The molecule has 1 amide bonds. The Morgan fingerprint density at radius 2 is 1.73 bits per heavy atom. The van der Waals surface area contributed by atoms with Crippen LogP contribution in [0, 0.1) is 11.3 Å². The van der Waals surface area contributed by atoms with Crippen molar-refractivity contribution in [2.45, 2.75) is 6.54 Å². The van der Waals surface area contributed by atoms with Gasteiger partial charge in [-0.1, -0.05) is 42.5 Å². The van der Waals surface area contributed by atoms with Crippen LogP contribution < -0.4 is 14.5 Å². The predicted octanol–water partition coefficient (Wildman–Crippen LogP) is 3.32. The normalized spacial score (nSPS) is 11.0. The van der Waals surface area contributed by atoms with Gasteiger partial charge in [0.15, 0.2) is 6.61 Å². The van der Waals surface area contributed by atoms with Crippen molar-refractivity contribution in [3.8, 4) is 11.8 Å². The molecule has 0 radical (unpaired) electrons. The molecule has 3 rings (SSSR count). The number of para-hydroxylation sites is 1. The summed E-state index contributed by atoms with van der Waals surface area (Å²) in [4.78, 5) is 12.8. The largest absolute Gasteiger partial charge is 0.479 e. The third kappa shape index (κ3) is 6.66. The first-order valence-electron chi connectivity index (χ1n) is 9.92. The highest BCUT2D eigenvalue weighted by Gasteiger charge is 2.23. The Morgan fingerprint density at radius 3 is 2.39 bits per heavy atom. The summed E-state index contributed by atoms with van der Waals surface area (Å²) >= 11 is 0. The van der Waals surface area contributed by atoms with Crippen LogP contribution in [0.3, 0.4) is 0 Å². The summed E-state index contributed by atoms with van der Waals surface area (Å²) < 4.78 is 31.5. The Labute approximate surface area is 192 Å². The molecule has 0 aromatic heterocycles. The molecular weight excluding hydrogens is 440 g/mol. The monoisotopic (exact) mass is 462 g/mol. The molecule has 168 valence electrons. The molecule has 0 unspecified atom stereocenters. The number of sulfonamides is 1. The molecule has 33 heavy (non-hydrogen) atoms. The van der Waals surface area contributed by atoms with Gasteiger partial charge in [0.1, 0.15) is 11.8 Å². The fourth-order valence-electron chi connectivity index (χ4n) is 3.00. The standard InChI is InChI=1S/C24H22N4O4S/c1-33(30,31)28(18-20-7-3-2-4-8-20)23-10-6-5-9-22(23)24(29)27-26-17-19-11-13-21(14-12-19)32-16-15-25/h2-14,17H,16,18H2,1H3,(H,27,29)/b26-17+. The zero-order chi connectivity index (χ0) is 23.7. The van der Waals surface area contributed by atoms with Crippen molar-refractivity contribution < 1.29 is 17.9 Å². The molecule has 0 saturated carbocycles. The van der Waals surface area contributed by atoms with Crippen LogP contribution in [0.15, 0.2) is 84.0 Å². The minimum atomic E-state index is -3.66. The van der Waals surface area contributed by atoms with Crippen molar-refractivity contribution in [3.63, 3.8) is 0 Å². The van der Waals surface area contributed by atoms with E-state index in [9.17, 15) is 13.2 Å². The van der Waals surface area contributed by atoms with Crippen molar-refractivity contribution >= 4 is 27.8 Å². The van der Waals surface area contributed by atoms with Gasteiger partial charge in [-0.3, -0.25) is 9.10 Å². The number of hydrazone groups is 1. The first-order valence-corrected chi connectivity index (χ1v) is 11.8. The van der Waals surface area contributed by atoms with Crippen LogP contribution in [0.2, 0.25) is 0 Å². The highest BCUT2D eigenvalue weighted by atomic mass is 32.2. The number of hydrogen-bond acceptors (Lipinski definition) is 6. The van der Waals surface area contributed by atoms with Gasteiger partial charge in [-0.15, -0.1) is 0 Å². The first kappa shape index (κ1) is 23.5. The van der Waals surface area contributed by atoms with Crippen molar-refractivity contribution in [1.82, 2.24) is 5.43 Å². The second-order valence-corrected chi connectivity index (χ2v) is 8.89. The molecule has 8 nitrogen and oxygen atoms in total. The lowest BCUT2D eigenvalue weighted by Gasteiger charge is -2.24. The first-order chi connectivity index (χ1) is 15.9. The van der Waals surface area contributed by atoms with Crippen LogP contribution in [-0.2, 0) is 16.6 Å². The van der Waals surface area contributed by atoms with Crippen LogP contribution in [0.5, 0.6) is 5.75 Å². The molecule has 0 saturated heterocycles. The van der Waals surface area contributed by atoms with E-state index in [2.05, 4.69) is 10.5 Å². The number of rotatable bonds is 9. The lowest BCUT2D eigenvalue weighted by Crippen LogP contribution is -2.32. The lowest BCUT2D eigenvalue weighted by atomic mass is 10.1. The third-order valence-corrected chi connectivity index (χ3v) is 5.68. The van der Waals surface area contributed by atoms with Crippen molar-refractivity contribution in [2.24, 2.45) is 5.10 Å². The molecule has 0 spiro atoms. The van der Waals surface area contributed by atoms with Gasteiger partial charge in [-0.05, 0) is 47.5 Å². The summed E-state index contributed by atoms with van der Waals surface area (Å²) in [5.41, 5.74) is 4.37. The number of amides is 1. The van der Waals surface area contributed by atoms with E-state index in [1.54, 1.807) is 48.5 Å². The number of hydrogen-bond donors (Lipinski definition) is 1. The highest BCUT2D eigenvalue weighted by molar-refractivity contribution is 7.92. The molecule has 0 bridgehead atoms. The Kier molecular flexibility index (Phi) is 7.78. The highest BCUT2D eigenvalue weighted by Crippen LogP contribution is 2.25. The SMILES string of the molecule is CS(=O)(=O)N(Cc1ccccc1)c1ccccc1C(=O)N/N=C/c1ccc(OCC#N)cc1. The van der Waals surface area contributed by atoms with Crippen LogP contribution >= 0.6 is 0 Å². The summed E-state index contributed by atoms with van der Waals surface area (Å²) in [6.45, 7) is 0.0468. The van der Waals surface area contributed by atoms with Crippen molar-refractivity contribution in [2.75, 3.05) is 17.2 Å². The van der Waals surface area contributed by atoms with E-state index in [0.29, 0.717) is 11.3 Å². The quantitative estimate of drug-likeness (QED) is 0.387. The number of nitrogens with zero attached hydrogens (tertiary/aromatic N) is 3. The van der Waals surface area contributed by atoms with Crippen LogP contribution in [0.25, 0.3) is 0 Å². The smallest absolute Gasteiger partial charge is 0.273 e. The summed E-state index contributed by atoms with van der Waals surface area (Å²) in [6, 6.07) is 24.3. The fraction of sp³-hybridized carbons (Fsp3) is 0.125. The molecule has 0 aliphatic carbocycles. The zero-order valence-corrected chi connectivity index (χ0v) is 18.7. The fourth-order valence-corrected chi connectivity index (χ4v) is 3.90. The number of anilines is 1. The van der Waals surface area contributed by atoms with Crippen LogP contribution in [0.1, 0.15) is 21.5 Å². The average Bonchev–Trinajstić information content (AvgIpc) is 2.82. The third-order valence-electron chi connectivity index (χ3n) is 4.55. The molecular formula is C24H22N4O4S. The van der Waals surface area contributed by atoms with Gasteiger partial charge in [0.25, 0.3) is 5.91 Å². The summed E-state index contributed by atoms with van der Waals surface area (Å²) in [5, 5.41) is 12.5. The molecule has 0 heterocycles. The van der Waals surface area contributed by atoms with Crippen LogP contribution in [0.4, 0.5) is 5.69 Å². The molecule has 1 N–H and O–H groups in total. The molecule has 0 atom stereocenters. The van der Waals surface area contributed by atoms with Crippen LogP contribution in [-0.4, -0.2) is 33.4 Å². The maximum atomic E-state index is 12.8. The maximum absolute atomic E-state index is 12.8. The Bertz CT molecular complexity index is 1270. The van der Waals surface area contributed by atoms with E-state index >= 15 is 0 Å². The molecule has 0 aliphatic heterocycles. The molecule has 0 fully saturated rings. The van der Waals surface area contributed by atoms with Crippen molar-refractivity contribution in [3.05, 3.63) is 95.6 Å². The van der Waals surface area contributed by atoms with E-state index in [1.807, 2.05) is 36.4 Å². The van der Waals surface area contributed by atoms with E-state index in [1.165, 1.54) is 10.5 Å². The number of benzene rings is 3. The molecule has 3 aromatic carbocycles. The minimum absolute atomic E-state index is 0.0440. The van der Waals surface area contributed by atoms with Gasteiger partial charge in [-0.2, -0.15) is 10.4 Å².